The van der Waals surface area contributed by atoms with Crippen LogP contribution >= 0.6 is 0 Å². The van der Waals surface area contributed by atoms with E-state index in [2.05, 4.69) is 16.3 Å². The molecule has 2 aromatic rings. The van der Waals surface area contributed by atoms with Crippen LogP contribution < -0.4 is 14.8 Å². The summed E-state index contributed by atoms with van der Waals surface area (Å²) in [6.07, 6.45) is 3.08. The summed E-state index contributed by atoms with van der Waals surface area (Å²) in [5, 5.41) is 26.4. The Balaban J connectivity index is 1.38. The lowest BCUT2D eigenvalue weighted by Gasteiger charge is -2.47. The zero-order chi connectivity index (χ0) is 34.7. The molecule has 5 rings (SSSR count). The monoisotopic (exact) mass is 664 g/mol. The molecule has 1 saturated heterocycles. The Hall–Kier alpha value is -4.03. The van der Waals surface area contributed by atoms with Gasteiger partial charge in [0.2, 0.25) is 0 Å². The molecule has 6 unspecified atom stereocenters. The largest absolute Gasteiger partial charge is 0.493 e. The number of hydrogen-bond acceptors (Lipinski definition) is 10. The first kappa shape index (κ1) is 35.3. The van der Waals surface area contributed by atoms with Crippen LogP contribution in [0.3, 0.4) is 0 Å². The van der Waals surface area contributed by atoms with Crippen LogP contribution in [0.2, 0.25) is 0 Å². The number of carboxylic acid groups (broad SMARTS) is 1. The number of carboxylic acids is 1. The highest BCUT2D eigenvalue weighted by atomic mass is 16.6. The lowest BCUT2D eigenvalue weighted by Crippen LogP contribution is -2.54. The highest BCUT2D eigenvalue weighted by molar-refractivity contribution is 6.04. The minimum absolute atomic E-state index is 0.163. The maximum Gasteiger partial charge on any atom is 0.315 e. The van der Waals surface area contributed by atoms with Crippen molar-refractivity contribution in [1.29, 1.82) is 0 Å². The molecule has 6 atom stereocenters. The van der Waals surface area contributed by atoms with Crippen molar-refractivity contribution in [3.63, 3.8) is 0 Å². The number of piperidine rings is 1. The van der Waals surface area contributed by atoms with Crippen molar-refractivity contribution in [1.82, 2.24) is 10.2 Å². The Kier molecular flexibility index (Phi) is 10.7. The number of ether oxygens (including phenoxy) is 3. The van der Waals surface area contributed by atoms with E-state index in [1.54, 1.807) is 54.0 Å². The van der Waals surface area contributed by atoms with Gasteiger partial charge in [0.05, 0.1) is 36.7 Å². The summed E-state index contributed by atoms with van der Waals surface area (Å²) in [4.78, 5) is 45.5. The second kappa shape index (κ2) is 14.6. The molecule has 260 valence electrons. The molecule has 3 aliphatic heterocycles. The van der Waals surface area contributed by atoms with Gasteiger partial charge in [-0.05, 0) is 83.5 Å². The van der Waals surface area contributed by atoms with Crippen molar-refractivity contribution < 1.29 is 33.8 Å². The highest BCUT2D eigenvalue weighted by Gasteiger charge is 2.58. The summed E-state index contributed by atoms with van der Waals surface area (Å²) < 4.78 is 16.9. The standard InChI is InChI=1S/C36H48N4O8/c1-21(2)48-34(41)31-22(3)38-23(4)36(35(42)43,32(31)24-9-7-10-26(19-24)40(44)45)15-8-16-37-25-13-17-39-18-14-28-27(29(39)20-25)11-12-30(46-5)33(28)47-6/h7,9-12,19,21,23,25,29,31-32,37H,8,13-18,20H2,1-6H3,(H,42,43). The first-order chi connectivity index (χ1) is 22.9. The number of methoxy groups -OCH3 is 2. The van der Waals surface area contributed by atoms with Gasteiger partial charge in [0.1, 0.15) is 5.92 Å². The number of benzene rings is 2. The molecule has 0 saturated carbocycles. The molecule has 0 aliphatic carbocycles. The molecule has 2 N–H and O–H groups in total. The van der Waals surface area contributed by atoms with Gasteiger partial charge in [-0.3, -0.25) is 29.6 Å². The molecule has 2 aromatic carbocycles. The number of nitrogens with one attached hydrogen (secondary N) is 1. The number of aliphatic imine (C=N–C) groups is 1. The summed E-state index contributed by atoms with van der Waals surface area (Å²) in [6.45, 7) is 9.42. The number of carbonyl (C=O) groups excluding carboxylic acids is 1. The first-order valence-electron chi connectivity index (χ1n) is 16.9. The topological polar surface area (TPSA) is 153 Å². The van der Waals surface area contributed by atoms with Gasteiger partial charge in [0, 0.05) is 54.5 Å². The predicted molar refractivity (Wildman–Crippen MR) is 181 cm³/mol. The summed E-state index contributed by atoms with van der Waals surface area (Å²) in [7, 11) is 3.33. The second-order valence-corrected chi connectivity index (χ2v) is 13.5. The molecule has 1 fully saturated rings. The molecule has 0 bridgehead atoms. The van der Waals surface area contributed by atoms with Crippen LogP contribution in [0.15, 0.2) is 41.4 Å². The summed E-state index contributed by atoms with van der Waals surface area (Å²) in [5.74, 6) is -2.03. The van der Waals surface area contributed by atoms with E-state index >= 15 is 0 Å². The van der Waals surface area contributed by atoms with Gasteiger partial charge in [0.25, 0.3) is 5.69 Å². The van der Waals surface area contributed by atoms with E-state index in [0.29, 0.717) is 24.2 Å². The zero-order valence-corrected chi connectivity index (χ0v) is 28.7. The van der Waals surface area contributed by atoms with Gasteiger partial charge in [-0.2, -0.15) is 0 Å². The Labute approximate surface area is 282 Å². The van der Waals surface area contributed by atoms with Gasteiger partial charge in [-0.1, -0.05) is 18.2 Å². The van der Waals surface area contributed by atoms with Gasteiger partial charge in [0.15, 0.2) is 11.5 Å². The van der Waals surface area contributed by atoms with Crippen LogP contribution in [0.5, 0.6) is 11.5 Å². The van der Waals surface area contributed by atoms with Crippen molar-refractivity contribution in [3.05, 3.63) is 63.2 Å². The molecule has 48 heavy (non-hydrogen) atoms. The summed E-state index contributed by atoms with van der Waals surface area (Å²) in [5.41, 5.74) is 1.68. The third-order valence-corrected chi connectivity index (χ3v) is 10.5. The molecule has 3 aliphatic rings. The van der Waals surface area contributed by atoms with Gasteiger partial charge in [-0.15, -0.1) is 0 Å². The van der Waals surface area contributed by atoms with E-state index in [0.717, 1.165) is 43.9 Å². The minimum Gasteiger partial charge on any atom is -0.493 e. The Morgan fingerprint density at radius 3 is 2.62 bits per heavy atom. The van der Waals surface area contributed by atoms with E-state index in [-0.39, 0.29) is 24.2 Å². The van der Waals surface area contributed by atoms with Crippen LogP contribution in [0, 0.1) is 21.4 Å². The smallest absolute Gasteiger partial charge is 0.315 e. The SMILES string of the molecule is COc1ccc2c(c1OC)CCN1CCC(NCCCC3(C(=O)O)C(C)N=C(C)C(C(=O)OC(C)C)C3c3cccc([N+](=O)[O-])c3)CC21. The fourth-order valence-corrected chi connectivity index (χ4v) is 8.33. The van der Waals surface area contributed by atoms with Gasteiger partial charge in [-0.25, -0.2) is 0 Å². The molecule has 0 amide bonds. The Bertz CT molecular complexity index is 1560. The highest BCUT2D eigenvalue weighted by Crippen LogP contribution is 2.53. The van der Waals surface area contributed by atoms with Crippen LogP contribution in [-0.2, 0) is 20.7 Å². The molecular formula is C36H48N4O8. The number of rotatable bonds is 12. The Morgan fingerprint density at radius 2 is 1.96 bits per heavy atom. The molecule has 0 aromatic heterocycles. The van der Waals surface area contributed by atoms with E-state index in [1.165, 1.54) is 23.3 Å². The second-order valence-electron chi connectivity index (χ2n) is 13.5. The number of fused-ring (bicyclic) bond motifs is 3. The number of nitro groups is 1. The van der Waals surface area contributed by atoms with Crippen LogP contribution in [-0.4, -0.2) is 84.6 Å². The minimum atomic E-state index is -1.50. The van der Waals surface area contributed by atoms with Crippen molar-refractivity contribution in [2.75, 3.05) is 33.9 Å². The zero-order valence-electron chi connectivity index (χ0n) is 28.7. The molecule has 3 heterocycles. The summed E-state index contributed by atoms with van der Waals surface area (Å²) in [6, 6.07) is 9.89. The third kappa shape index (κ3) is 6.64. The average molecular weight is 665 g/mol. The van der Waals surface area contributed by atoms with E-state index in [4.69, 9.17) is 19.2 Å². The fraction of sp³-hybridized carbons (Fsp3) is 0.583. The predicted octanol–water partition coefficient (Wildman–Crippen LogP) is 5.33. The maximum absolute atomic E-state index is 13.6. The quantitative estimate of drug-likeness (QED) is 0.132. The van der Waals surface area contributed by atoms with Gasteiger partial charge >= 0.3 is 11.9 Å². The van der Waals surface area contributed by atoms with Crippen molar-refractivity contribution >= 4 is 23.3 Å². The number of carbonyl (C=O) groups is 2. The van der Waals surface area contributed by atoms with Crippen molar-refractivity contribution in [2.24, 2.45) is 16.3 Å². The number of aliphatic carboxylic acids is 1. The number of hydrogen-bond donors (Lipinski definition) is 2. The van der Waals surface area contributed by atoms with Crippen LogP contribution in [0.25, 0.3) is 0 Å². The first-order valence-corrected chi connectivity index (χ1v) is 16.9. The van der Waals surface area contributed by atoms with Crippen LogP contribution in [0.4, 0.5) is 5.69 Å². The van der Waals surface area contributed by atoms with E-state index in [1.807, 2.05) is 6.07 Å². The maximum atomic E-state index is 13.6. The van der Waals surface area contributed by atoms with E-state index < -0.39 is 46.3 Å². The number of esters is 1. The van der Waals surface area contributed by atoms with Crippen molar-refractivity contribution in [3.8, 4) is 11.5 Å². The Morgan fingerprint density at radius 1 is 1.19 bits per heavy atom. The van der Waals surface area contributed by atoms with Crippen LogP contribution in [0.1, 0.15) is 82.0 Å². The van der Waals surface area contributed by atoms with E-state index in [9.17, 15) is 24.8 Å². The molecule has 0 spiro atoms. The fourth-order valence-electron chi connectivity index (χ4n) is 8.33. The normalized spacial score (nSPS) is 27.0. The number of nitrogens with zero attached hydrogens (tertiary/aromatic N) is 3. The number of nitro benzene ring substituents is 1. The molecular weight excluding hydrogens is 616 g/mol. The molecule has 12 heteroatoms. The summed E-state index contributed by atoms with van der Waals surface area (Å²) >= 11 is 0. The average Bonchev–Trinajstić information content (AvgIpc) is 3.05. The van der Waals surface area contributed by atoms with Gasteiger partial charge < -0.3 is 24.6 Å². The number of non-ortho nitro benzene ring substituents is 1. The molecule has 12 nitrogen and oxygen atoms in total. The lowest BCUT2D eigenvalue weighted by molar-refractivity contribution is -0.385. The molecule has 0 radical (unpaired) electrons. The van der Waals surface area contributed by atoms with Crippen molar-refractivity contribution in [2.45, 2.75) is 89.9 Å². The lowest BCUT2D eigenvalue weighted by atomic mass is 9.58. The third-order valence-electron chi connectivity index (χ3n) is 10.5.